The zero-order valence-corrected chi connectivity index (χ0v) is 11.6. The molecule has 0 heterocycles. The van der Waals surface area contributed by atoms with E-state index in [0.29, 0.717) is 0 Å². The van der Waals surface area contributed by atoms with Crippen molar-refractivity contribution in [1.29, 1.82) is 0 Å². The van der Waals surface area contributed by atoms with Crippen LogP contribution in [-0.2, 0) is 10.1 Å². The molecule has 0 spiro atoms. The fraction of sp³-hybridized carbons (Fsp3) is 0.250. The third-order valence-electron chi connectivity index (χ3n) is 1.42. The molecule has 0 aliphatic rings. The van der Waals surface area contributed by atoms with Crippen LogP contribution in [0.2, 0.25) is 0 Å². The smallest absolute Gasteiger partial charge is 0.744 e. The maximum atomic E-state index is 10.5. The van der Waals surface area contributed by atoms with Gasteiger partial charge in [-0.2, -0.15) is 0 Å². The average Bonchev–Trinajstić information content (AvgIpc) is 2.00. The first-order valence-corrected chi connectivity index (χ1v) is 5.29. The SMILES string of the molecule is CC(O)(O)Oc1ccc(S(=O)(=O)[O-])cc1.[Na+]. The molecule has 84 valence electrons. The van der Waals surface area contributed by atoms with Gasteiger partial charge in [-0.05, 0) is 24.3 Å². The van der Waals surface area contributed by atoms with Crippen molar-refractivity contribution < 1.29 is 57.5 Å². The zero-order chi connectivity index (χ0) is 11.7. The maximum absolute atomic E-state index is 10.5. The van der Waals surface area contributed by atoms with Crippen molar-refractivity contribution in [3.63, 3.8) is 0 Å². The van der Waals surface area contributed by atoms with Crippen molar-refractivity contribution in [2.24, 2.45) is 0 Å². The van der Waals surface area contributed by atoms with E-state index in [-0.39, 0.29) is 35.3 Å². The second-order valence-corrected chi connectivity index (χ2v) is 4.34. The van der Waals surface area contributed by atoms with Crippen LogP contribution in [0.5, 0.6) is 5.75 Å². The van der Waals surface area contributed by atoms with E-state index in [1.807, 2.05) is 0 Å². The number of aliphatic hydroxyl groups is 2. The van der Waals surface area contributed by atoms with E-state index in [2.05, 4.69) is 4.74 Å². The van der Waals surface area contributed by atoms with E-state index in [0.717, 1.165) is 31.2 Å². The molecule has 0 atom stereocenters. The summed E-state index contributed by atoms with van der Waals surface area (Å²) >= 11 is 0. The number of hydrogen-bond acceptors (Lipinski definition) is 6. The zero-order valence-electron chi connectivity index (χ0n) is 8.75. The Morgan fingerprint density at radius 3 is 2.00 bits per heavy atom. The Labute approximate surface area is 115 Å². The van der Waals surface area contributed by atoms with Gasteiger partial charge in [0, 0.05) is 6.92 Å². The van der Waals surface area contributed by atoms with Crippen molar-refractivity contribution >= 4 is 10.1 Å². The fourth-order valence-electron chi connectivity index (χ4n) is 0.898. The topological polar surface area (TPSA) is 107 Å². The molecule has 0 saturated heterocycles. The molecule has 1 rings (SSSR count). The first kappa shape index (κ1) is 15.9. The van der Waals surface area contributed by atoms with Crippen LogP contribution in [-0.4, -0.2) is 29.2 Å². The summed E-state index contributed by atoms with van der Waals surface area (Å²) in [6.07, 6.45) is 0. The van der Waals surface area contributed by atoms with E-state index < -0.39 is 21.0 Å². The van der Waals surface area contributed by atoms with E-state index in [1.54, 1.807) is 0 Å². The second kappa shape index (κ2) is 5.46. The second-order valence-electron chi connectivity index (χ2n) is 2.96. The molecule has 0 aliphatic carbocycles. The van der Waals surface area contributed by atoms with Gasteiger partial charge in [0.25, 0.3) is 0 Å². The first-order chi connectivity index (χ1) is 6.68. The average molecular weight is 256 g/mol. The Hall–Kier alpha value is -0.150. The van der Waals surface area contributed by atoms with Gasteiger partial charge >= 0.3 is 35.5 Å². The minimum absolute atomic E-state index is 0. The largest absolute Gasteiger partial charge is 1.00 e. The van der Waals surface area contributed by atoms with Gasteiger partial charge in [-0.25, -0.2) is 8.42 Å². The summed E-state index contributed by atoms with van der Waals surface area (Å²) in [5, 5.41) is 17.7. The summed E-state index contributed by atoms with van der Waals surface area (Å²) in [4.78, 5) is -0.410. The van der Waals surface area contributed by atoms with Crippen LogP contribution >= 0.6 is 0 Å². The molecule has 8 heteroatoms. The Morgan fingerprint density at radius 1 is 1.25 bits per heavy atom. The van der Waals surface area contributed by atoms with E-state index in [1.165, 1.54) is 0 Å². The van der Waals surface area contributed by atoms with Crippen molar-refractivity contribution in [2.75, 3.05) is 0 Å². The van der Waals surface area contributed by atoms with Gasteiger partial charge < -0.3 is 19.5 Å². The quantitative estimate of drug-likeness (QED) is 0.332. The van der Waals surface area contributed by atoms with Crippen LogP contribution in [0, 0.1) is 0 Å². The van der Waals surface area contributed by atoms with Gasteiger partial charge in [0.1, 0.15) is 15.9 Å². The molecular weight excluding hydrogens is 247 g/mol. The van der Waals surface area contributed by atoms with Crippen LogP contribution in [0.1, 0.15) is 6.92 Å². The maximum Gasteiger partial charge on any atom is 1.00 e. The summed E-state index contributed by atoms with van der Waals surface area (Å²) in [5.41, 5.74) is 0. The normalized spacial score (nSPS) is 11.8. The summed E-state index contributed by atoms with van der Waals surface area (Å²) in [5.74, 6) is -2.31. The Bertz CT molecular complexity index is 433. The Morgan fingerprint density at radius 2 is 1.69 bits per heavy atom. The molecular formula is C8H9NaO6S. The molecule has 0 bridgehead atoms. The Balaban J connectivity index is 0.00000225. The van der Waals surface area contributed by atoms with Crippen LogP contribution in [0.15, 0.2) is 29.2 Å². The summed E-state index contributed by atoms with van der Waals surface area (Å²) in [7, 11) is -4.49. The monoisotopic (exact) mass is 256 g/mol. The summed E-state index contributed by atoms with van der Waals surface area (Å²) < 4.78 is 36.2. The third kappa shape index (κ3) is 5.26. The van der Waals surface area contributed by atoms with Crippen LogP contribution in [0.3, 0.4) is 0 Å². The molecule has 1 aromatic carbocycles. The Kier molecular flexibility index (Phi) is 5.40. The number of ether oxygens (including phenoxy) is 1. The van der Waals surface area contributed by atoms with Gasteiger partial charge in [-0.15, -0.1) is 0 Å². The van der Waals surface area contributed by atoms with Crippen molar-refractivity contribution in [3.8, 4) is 5.75 Å². The predicted molar refractivity (Wildman–Crippen MR) is 47.9 cm³/mol. The van der Waals surface area contributed by atoms with Gasteiger partial charge in [-0.1, -0.05) is 0 Å². The fourth-order valence-corrected chi connectivity index (χ4v) is 1.37. The molecule has 2 N–H and O–H groups in total. The van der Waals surface area contributed by atoms with Crippen LogP contribution in [0.4, 0.5) is 0 Å². The number of hydrogen-bond donors (Lipinski definition) is 2. The van der Waals surface area contributed by atoms with Crippen LogP contribution < -0.4 is 34.3 Å². The van der Waals surface area contributed by atoms with Gasteiger partial charge in [0.15, 0.2) is 0 Å². The molecule has 0 amide bonds. The van der Waals surface area contributed by atoms with Gasteiger partial charge in [0.05, 0.1) is 4.90 Å². The summed E-state index contributed by atoms with van der Waals surface area (Å²) in [6.45, 7) is 0.991. The summed E-state index contributed by atoms with van der Waals surface area (Å²) in [6, 6.07) is 4.33. The van der Waals surface area contributed by atoms with Gasteiger partial charge in [-0.3, -0.25) is 0 Å². The van der Waals surface area contributed by atoms with Crippen molar-refractivity contribution in [1.82, 2.24) is 0 Å². The molecule has 1 aromatic rings. The molecule has 16 heavy (non-hydrogen) atoms. The first-order valence-electron chi connectivity index (χ1n) is 3.88. The minimum atomic E-state index is -4.49. The van der Waals surface area contributed by atoms with Crippen molar-refractivity contribution in [3.05, 3.63) is 24.3 Å². The standard InChI is InChI=1S/C8H10O6S.Na/c1-8(9,10)14-6-2-4-7(5-3-6)15(11,12)13;/h2-5,9-10H,1H3,(H,11,12,13);/q;+1/p-1. The molecule has 0 radical (unpaired) electrons. The molecule has 0 fully saturated rings. The molecule has 0 unspecified atom stereocenters. The molecule has 0 saturated carbocycles. The van der Waals surface area contributed by atoms with E-state index in [9.17, 15) is 13.0 Å². The molecule has 0 aromatic heterocycles. The van der Waals surface area contributed by atoms with Crippen molar-refractivity contribution in [2.45, 2.75) is 17.8 Å². The number of rotatable bonds is 3. The third-order valence-corrected chi connectivity index (χ3v) is 2.27. The van der Waals surface area contributed by atoms with E-state index >= 15 is 0 Å². The van der Waals surface area contributed by atoms with E-state index in [4.69, 9.17) is 10.2 Å². The van der Waals surface area contributed by atoms with Gasteiger partial charge in [0.2, 0.25) is 0 Å². The van der Waals surface area contributed by atoms with Crippen LogP contribution in [0.25, 0.3) is 0 Å². The molecule has 6 nitrogen and oxygen atoms in total. The predicted octanol–water partition coefficient (Wildman–Crippen LogP) is -3.37. The number of benzene rings is 1. The minimum Gasteiger partial charge on any atom is -0.744 e. The molecule has 0 aliphatic heterocycles.